The molecule has 1 amide bonds. The molecular weight excluding hydrogens is 278 g/mol. The molecule has 0 unspecified atom stereocenters. The normalized spacial score (nSPS) is 16.5. The van der Waals surface area contributed by atoms with Crippen LogP contribution in [0.25, 0.3) is 0 Å². The van der Waals surface area contributed by atoms with Gasteiger partial charge < -0.3 is 10.2 Å². The zero-order valence-electron chi connectivity index (χ0n) is 13.5. The minimum Gasteiger partial charge on any atom is -0.325 e. The highest BCUT2D eigenvalue weighted by atomic mass is 16.2. The molecule has 1 aliphatic rings. The van der Waals surface area contributed by atoms with E-state index < -0.39 is 0 Å². The van der Waals surface area contributed by atoms with Crippen molar-refractivity contribution in [2.24, 2.45) is 0 Å². The monoisotopic (exact) mass is 303 g/mol. The lowest BCUT2D eigenvalue weighted by Gasteiger charge is -2.34. The van der Waals surface area contributed by atoms with Gasteiger partial charge in [0, 0.05) is 37.4 Å². The highest BCUT2D eigenvalue weighted by Gasteiger charge is 2.18. The van der Waals surface area contributed by atoms with E-state index in [1.165, 1.54) is 13.3 Å². The molecule has 0 saturated carbocycles. The standard InChI is InChI=1S/C17H25N3O2/c1-3-8-19-9-11-20(12-10-19)13-17(22)18-16-6-4-15(5-7-16)14(2)21/h4-7H,3,8-13H2,1-2H3,(H,18,22). The number of benzene rings is 1. The quantitative estimate of drug-likeness (QED) is 0.815. The fourth-order valence-electron chi connectivity index (χ4n) is 2.68. The van der Waals surface area contributed by atoms with E-state index >= 15 is 0 Å². The molecule has 1 N–H and O–H groups in total. The summed E-state index contributed by atoms with van der Waals surface area (Å²) in [7, 11) is 0. The third-order valence-electron chi connectivity index (χ3n) is 3.95. The predicted octanol–water partition coefficient (Wildman–Crippen LogP) is 1.86. The zero-order valence-corrected chi connectivity index (χ0v) is 13.5. The Balaban J connectivity index is 1.77. The first kappa shape index (κ1) is 16.6. The Hall–Kier alpha value is -1.72. The molecule has 1 aromatic rings. The topological polar surface area (TPSA) is 52.6 Å². The number of piperazine rings is 1. The van der Waals surface area contributed by atoms with Crippen LogP contribution in [0.4, 0.5) is 5.69 Å². The van der Waals surface area contributed by atoms with Crippen molar-refractivity contribution in [2.75, 3.05) is 44.6 Å². The van der Waals surface area contributed by atoms with Gasteiger partial charge in [-0.1, -0.05) is 6.92 Å². The summed E-state index contributed by atoms with van der Waals surface area (Å²) in [4.78, 5) is 27.9. The molecular formula is C17H25N3O2. The summed E-state index contributed by atoms with van der Waals surface area (Å²) in [5.41, 5.74) is 1.39. The lowest BCUT2D eigenvalue weighted by atomic mass is 10.1. The van der Waals surface area contributed by atoms with Gasteiger partial charge in [-0.25, -0.2) is 0 Å². The second-order valence-corrected chi connectivity index (χ2v) is 5.80. The van der Waals surface area contributed by atoms with Gasteiger partial charge >= 0.3 is 0 Å². The van der Waals surface area contributed by atoms with Crippen LogP contribution in [0, 0.1) is 0 Å². The minimum atomic E-state index is -0.000448. The molecule has 1 aromatic carbocycles. The third-order valence-corrected chi connectivity index (χ3v) is 3.95. The molecule has 0 atom stereocenters. The van der Waals surface area contributed by atoms with Gasteiger partial charge in [-0.05, 0) is 44.2 Å². The molecule has 1 aliphatic heterocycles. The SMILES string of the molecule is CCCN1CCN(CC(=O)Nc2ccc(C(C)=O)cc2)CC1. The molecule has 22 heavy (non-hydrogen) atoms. The minimum absolute atomic E-state index is 0.000448. The number of hydrogen-bond donors (Lipinski definition) is 1. The summed E-state index contributed by atoms with van der Waals surface area (Å²) >= 11 is 0. The Labute approximate surface area is 132 Å². The zero-order chi connectivity index (χ0) is 15.9. The van der Waals surface area contributed by atoms with Gasteiger partial charge in [0.1, 0.15) is 0 Å². The van der Waals surface area contributed by atoms with Gasteiger partial charge in [-0.15, -0.1) is 0 Å². The lowest BCUT2D eigenvalue weighted by molar-refractivity contribution is -0.117. The third kappa shape index (κ3) is 4.93. The Morgan fingerprint density at radius 1 is 1.05 bits per heavy atom. The predicted molar refractivity (Wildman–Crippen MR) is 88.2 cm³/mol. The van der Waals surface area contributed by atoms with E-state index in [0.29, 0.717) is 12.1 Å². The number of carbonyl (C=O) groups excluding carboxylic acids is 2. The van der Waals surface area contributed by atoms with E-state index in [9.17, 15) is 9.59 Å². The van der Waals surface area contributed by atoms with Gasteiger partial charge in [0.25, 0.3) is 0 Å². The fourth-order valence-corrected chi connectivity index (χ4v) is 2.68. The first-order valence-corrected chi connectivity index (χ1v) is 7.94. The Kier molecular flexibility index (Phi) is 6.10. The Bertz CT molecular complexity index is 505. The summed E-state index contributed by atoms with van der Waals surface area (Å²) in [6.07, 6.45) is 1.18. The highest BCUT2D eigenvalue weighted by molar-refractivity contribution is 5.96. The summed E-state index contributed by atoms with van der Waals surface area (Å²) in [6, 6.07) is 7.02. The van der Waals surface area contributed by atoms with E-state index in [4.69, 9.17) is 0 Å². The maximum atomic E-state index is 12.1. The summed E-state index contributed by atoms with van der Waals surface area (Å²) in [6.45, 7) is 9.25. The number of ketones is 1. The summed E-state index contributed by atoms with van der Waals surface area (Å²) < 4.78 is 0. The first-order chi connectivity index (χ1) is 10.6. The van der Waals surface area contributed by atoms with Crippen molar-refractivity contribution < 1.29 is 9.59 Å². The van der Waals surface area contributed by atoms with Crippen LogP contribution >= 0.6 is 0 Å². The molecule has 2 rings (SSSR count). The first-order valence-electron chi connectivity index (χ1n) is 7.94. The maximum absolute atomic E-state index is 12.1. The van der Waals surface area contributed by atoms with E-state index in [1.54, 1.807) is 24.3 Å². The number of Topliss-reactive ketones (excluding diaryl/α,β-unsaturated/α-hetero) is 1. The molecule has 120 valence electrons. The largest absolute Gasteiger partial charge is 0.325 e. The van der Waals surface area contributed by atoms with Crippen LogP contribution < -0.4 is 5.32 Å². The Morgan fingerprint density at radius 2 is 1.64 bits per heavy atom. The van der Waals surface area contributed by atoms with Crippen LogP contribution in [0.5, 0.6) is 0 Å². The van der Waals surface area contributed by atoms with Crippen molar-refractivity contribution in [3.05, 3.63) is 29.8 Å². The molecule has 0 radical (unpaired) electrons. The average molecular weight is 303 g/mol. The molecule has 0 aliphatic carbocycles. The number of hydrogen-bond acceptors (Lipinski definition) is 4. The molecule has 1 fully saturated rings. The fraction of sp³-hybridized carbons (Fsp3) is 0.529. The number of carbonyl (C=O) groups is 2. The van der Waals surface area contributed by atoms with Crippen LogP contribution in [0.3, 0.4) is 0 Å². The van der Waals surface area contributed by atoms with Gasteiger partial charge in [0.15, 0.2) is 5.78 Å². The molecule has 0 aromatic heterocycles. The van der Waals surface area contributed by atoms with Crippen molar-refractivity contribution in [1.29, 1.82) is 0 Å². The van der Waals surface area contributed by atoms with Crippen LogP contribution in [-0.4, -0.2) is 60.8 Å². The molecule has 0 spiro atoms. The number of amides is 1. The van der Waals surface area contributed by atoms with Crippen LogP contribution in [0.1, 0.15) is 30.6 Å². The van der Waals surface area contributed by atoms with E-state index in [1.807, 2.05) is 0 Å². The average Bonchev–Trinajstić information content (AvgIpc) is 2.50. The molecule has 1 heterocycles. The lowest BCUT2D eigenvalue weighted by Crippen LogP contribution is -2.48. The number of nitrogens with one attached hydrogen (secondary N) is 1. The Morgan fingerprint density at radius 3 is 2.18 bits per heavy atom. The van der Waals surface area contributed by atoms with Crippen LogP contribution in [0.15, 0.2) is 24.3 Å². The molecule has 5 heteroatoms. The molecule has 1 saturated heterocycles. The van der Waals surface area contributed by atoms with Crippen LogP contribution in [0.2, 0.25) is 0 Å². The smallest absolute Gasteiger partial charge is 0.238 e. The van der Waals surface area contributed by atoms with E-state index in [-0.39, 0.29) is 11.7 Å². The van der Waals surface area contributed by atoms with Gasteiger partial charge in [-0.2, -0.15) is 0 Å². The second kappa shape index (κ2) is 8.06. The maximum Gasteiger partial charge on any atom is 0.238 e. The van der Waals surface area contributed by atoms with Crippen molar-refractivity contribution in [1.82, 2.24) is 9.80 Å². The van der Waals surface area contributed by atoms with Gasteiger partial charge in [0.2, 0.25) is 5.91 Å². The van der Waals surface area contributed by atoms with E-state index in [0.717, 1.165) is 38.4 Å². The van der Waals surface area contributed by atoms with Gasteiger partial charge in [-0.3, -0.25) is 14.5 Å². The van der Waals surface area contributed by atoms with Crippen LogP contribution in [-0.2, 0) is 4.79 Å². The van der Waals surface area contributed by atoms with E-state index in [2.05, 4.69) is 22.0 Å². The summed E-state index contributed by atoms with van der Waals surface area (Å²) in [5, 5.41) is 2.89. The summed E-state index contributed by atoms with van der Waals surface area (Å²) in [5.74, 6) is 0.0299. The number of rotatable bonds is 6. The molecule has 0 bridgehead atoms. The highest BCUT2D eigenvalue weighted by Crippen LogP contribution is 2.10. The van der Waals surface area contributed by atoms with Crippen molar-refractivity contribution in [2.45, 2.75) is 20.3 Å². The number of anilines is 1. The second-order valence-electron chi connectivity index (χ2n) is 5.80. The van der Waals surface area contributed by atoms with Crippen molar-refractivity contribution >= 4 is 17.4 Å². The molecule has 5 nitrogen and oxygen atoms in total. The van der Waals surface area contributed by atoms with Crippen molar-refractivity contribution in [3.8, 4) is 0 Å². The number of nitrogens with zero attached hydrogens (tertiary/aromatic N) is 2. The van der Waals surface area contributed by atoms with Crippen molar-refractivity contribution in [3.63, 3.8) is 0 Å². The van der Waals surface area contributed by atoms with Gasteiger partial charge in [0.05, 0.1) is 6.54 Å².